The van der Waals surface area contributed by atoms with Crippen LogP contribution in [0.15, 0.2) is 17.8 Å². The van der Waals surface area contributed by atoms with E-state index in [1.165, 1.54) is 12.3 Å². The molecule has 0 aliphatic rings. The van der Waals surface area contributed by atoms with Crippen LogP contribution in [-0.4, -0.2) is 16.6 Å². The first-order valence-corrected chi connectivity index (χ1v) is 4.54. The molecule has 1 N–H and O–H groups in total. The average Bonchev–Trinajstić information content (AvgIpc) is 2.73. The lowest BCUT2D eigenvalue weighted by Gasteiger charge is -1.86. The number of allylic oxidation sites excluding steroid dienone is 1. The minimum atomic E-state index is -0.206. The minimum Gasteiger partial charge on any atom is -0.361 e. The molecule has 5 heteroatoms. The number of carbonyl (C=O) groups excluding carboxylic acids is 1. The highest BCUT2D eigenvalue weighted by atomic mass is 35.5. The summed E-state index contributed by atoms with van der Waals surface area (Å²) in [7, 11) is 0. The number of halogens is 1. The number of H-pyrrole nitrogens is 1. The van der Waals surface area contributed by atoms with Gasteiger partial charge in [-0.15, -0.1) is 11.6 Å². The third-order valence-electron chi connectivity index (χ3n) is 1.69. The maximum atomic E-state index is 11.1. The van der Waals surface area contributed by atoms with Crippen molar-refractivity contribution in [3.05, 3.63) is 29.1 Å². The second-order valence-electron chi connectivity index (χ2n) is 2.68. The van der Waals surface area contributed by atoms with Crippen LogP contribution in [-0.2, 0) is 0 Å². The normalized spacial score (nSPS) is 8.73. The van der Waals surface area contributed by atoms with E-state index in [-0.39, 0.29) is 17.2 Å². The summed E-state index contributed by atoms with van der Waals surface area (Å²) in [6.07, 6.45) is 2.86. The molecule has 1 aromatic heterocycles. The predicted molar refractivity (Wildman–Crippen MR) is 55.0 cm³/mol. The zero-order valence-electron chi connectivity index (χ0n) is 7.62. The third kappa shape index (κ3) is 2.70. The Bertz CT molecular complexity index is 472. The molecular formula is C10H6ClN3O. The summed E-state index contributed by atoms with van der Waals surface area (Å²) in [6, 6.07) is 4.98. The smallest absolute Gasteiger partial charge is 0.179 e. The van der Waals surface area contributed by atoms with Gasteiger partial charge in [0.05, 0.1) is 5.88 Å². The quantitative estimate of drug-likeness (QED) is 0.479. The molecule has 0 saturated heterocycles. The molecule has 74 valence electrons. The number of aromatic amines is 1. The van der Waals surface area contributed by atoms with Crippen LogP contribution in [0.4, 0.5) is 0 Å². The lowest BCUT2D eigenvalue weighted by atomic mass is 10.2. The van der Waals surface area contributed by atoms with Gasteiger partial charge in [0.2, 0.25) is 0 Å². The number of nitriles is 2. The van der Waals surface area contributed by atoms with Gasteiger partial charge in [-0.05, 0) is 12.1 Å². The van der Waals surface area contributed by atoms with Crippen LogP contribution in [0.5, 0.6) is 0 Å². The SMILES string of the molecule is N#CC(C#N)=Cc1cc(C(=O)CCl)c[nH]1. The van der Waals surface area contributed by atoms with Crippen LogP contribution < -0.4 is 0 Å². The molecule has 0 aliphatic heterocycles. The van der Waals surface area contributed by atoms with Gasteiger partial charge in [-0.25, -0.2) is 0 Å². The second kappa shape index (κ2) is 4.99. The molecule has 1 aromatic rings. The maximum absolute atomic E-state index is 11.1. The highest BCUT2D eigenvalue weighted by Crippen LogP contribution is 2.09. The number of alkyl halides is 1. The van der Waals surface area contributed by atoms with Gasteiger partial charge < -0.3 is 4.98 Å². The van der Waals surface area contributed by atoms with Crippen LogP contribution in [0, 0.1) is 22.7 Å². The fourth-order valence-electron chi connectivity index (χ4n) is 0.978. The Balaban J connectivity index is 2.97. The van der Waals surface area contributed by atoms with Gasteiger partial charge in [-0.2, -0.15) is 10.5 Å². The second-order valence-corrected chi connectivity index (χ2v) is 2.95. The molecule has 0 radical (unpaired) electrons. The van der Waals surface area contributed by atoms with Crippen LogP contribution in [0.1, 0.15) is 16.1 Å². The van der Waals surface area contributed by atoms with E-state index in [0.717, 1.165) is 0 Å². The maximum Gasteiger partial charge on any atom is 0.179 e. The summed E-state index contributed by atoms with van der Waals surface area (Å²) in [5, 5.41) is 17.0. The molecule has 0 atom stereocenters. The molecular weight excluding hydrogens is 214 g/mol. The van der Waals surface area contributed by atoms with E-state index in [2.05, 4.69) is 4.98 Å². The summed E-state index contributed by atoms with van der Waals surface area (Å²) in [4.78, 5) is 13.9. The molecule has 0 amide bonds. The van der Waals surface area contributed by atoms with Crippen molar-refractivity contribution in [2.45, 2.75) is 0 Å². The van der Waals surface area contributed by atoms with Crippen molar-refractivity contribution in [3.8, 4) is 12.1 Å². The molecule has 0 fully saturated rings. The van der Waals surface area contributed by atoms with E-state index in [9.17, 15) is 4.79 Å². The van der Waals surface area contributed by atoms with Crippen LogP contribution in [0.3, 0.4) is 0 Å². The van der Waals surface area contributed by atoms with Crippen LogP contribution in [0.25, 0.3) is 6.08 Å². The Kier molecular flexibility index (Phi) is 3.68. The molecule has 4 nitrogen and oxygen atoms in total. The fourth-order valence-corrected chi connectivity index (χ4v) is 1.13. The van der Waals surface area contributed by atoms with Crippen molar-refractivity contribution in [1.82, 2.24) is 4.98 Å². The monoisotopic (exact) mass is 219 g/mol. The van der Waals surface area contributed by atoms with Gasteiger partial charge in [0.15, 0.2) is 5.78 Å². The number of nitrogens with one attached hydrogen (secondary N) is 1. The molecule has 15 heavy (non-hydrogen) atoms. The molecule has 0 aliphatic carbocycles. The highest BCUT2D eigenvalue weighted by Gasteiger charge is 2.06. The average molecular weight is 220 g/mol. The number of ketones is 1. The zero-order valence-corrected chi connectivity index (χ0v) is 8.38. The number of Topliss-reactive ketones (excluding diaryl/α,β-unsaturated/α-hetero) is 1. The van der Waals surface area contributed by atoms with Crippen molar-refractivity contribution < 1.29 is 4.79 Å². The Morgan fingerprint density at radius 2 is 2.20 bits per heavy atom. The number of hydrogen-bond acceptors (Lipinski definition) is 3. The van der Waals surface area contributed by atoms with Gasteiger partial charge in [0, 0.05) is 17.5 Å². The van der Waals surface area contributed by atoms with Crippen molar-refractivity contribution in [3.63, 3.8) is 0 Å². The lowest BCUT2D eigenvalue weighted by Crippen LogP contribution is -1.96. The van der Waals surface area contributed by atoms with E-state index in [1.807, 2.05) is 0 Å². The van der Waals surface area contributed by atoms with Gasteiger partial charge >= 0.3 is 0 Å². The lowest BCUT2D eigenvalue weighted by molar-refractivity contribution is 0.102. The standard InChI is InChI=1S/C10H6ClN3O/c11-3-10(15)8-2-9(14-6-8)1-7(4-12)5-13/h1-2,6,14H,3H2. The molecule has 0 unspecified atom stereocenters. The van der Waals surface area contributed by atoms with E-state index >= 15 is 0 Å². The molecule has 0 spiro atoms. The van der Waals surface area contributed by atoms with Crippen molar-refractivity contribution in [1.29, 1.82) is 10.5 Å². The van der Waals surface area contributed by atoms with E-state index in [1.54, 1.807) is 18.2 Å². The highest BCUT2D eigenvalue weighted by molar-refractivity contribution is 6.30. The Hall–Kier alpha value is -2.04. The molecule has 0 aromatic carbocycles. The Morgan fingerprint density at radius 1 is 1.53 bits per heavy atom. The van der Waals surface area contributed by atoms with Crippen LogP contribution in [0.2, 0.25) is 0 Å². The Labute approximate surface area is 91.4 Å². The van der Waals surface area contributed by atoms with E-state index < -0.39 is 0 Å². The number of hydrogen-bond donors (Lipinski definition) is 1. The van der Waals surface area contributed by atoms with Gasteiger partial charge in [0.1, 0.15) is 17.7 Å². The molecule has 1 heterocycles. The number of aromatic nitrogens is 1. The summed E-state index contributed by atoms with van der Waals surface area (Å²) in [5.41, 5.74) is 0.940. The van der Waals surface area contributed by atoms with Crippen molar-refractivity contribution >= 4 is 23.5 Å². The van der Waals surface area contributed by atoms with E-state index in [0.29, 0.717) is 11.3 Å². The number of nitrogens with zero attached hydrogens (tertiary/aromatic N) is 2. The Morgan fingerprint density at radius 3 is 2.73 bits per heavy atom. The van der Waals surface area contributed by atoms with Gasteiger partial charge in [-0.3, -0.25) is 4.79 Å². The fraction of sp³-hybridized carbons (Fsp3) is 0.100. The molecule has 1 rings (SSSR count). The first kappa shape index (κ1) is 11.0. The number of rotatable bonds is 3. The minimum absolute atomic E-state index is 0.0262. The first-order chi connectivity index (χ1) is 7.21. The third-order valence-corrected chi connectivity index (χ3v) is 1.93. The van der Waals surface area contributed by atoms with Crippen molar-refractivity contribution in [2.75, 3.05) is 5.88 Å². The molecule has 0 saturated carbocycles. The molecule has 0 bridgehead atoms. The topological polar surface area (TPSA) is 80.4 Å². The van der Waals surface area contributed by atoms with Crippen molar-refractivity contribution in [2.24, 2.45) is 0 Å². The summed E-state index contributed by atoms with van der Waals surface area (Å²) in [5.74, 6) is -0.298. The zero-order chi connectivity index (χ0) is 11.3. The van der Waals surface area contributed by atoms with E-state index in [4.69, 9.17) is 22.1 Å². The van der Waals surface area contributed by atoms with Gasteiger partial charge in [0.25, 0.3) is 0 Å². The van der Waals surface area contributed by atoms with Crippen LogP contribution >= 0.6 is 11.6 Å². The largest absolute Gasteiger partial charge is 0.361 e. The summed E-state index contributed by atoms with van der Waals surface area (Å²) >= 11 is 5.37. The summed E-state index contributed by atoms with van der Waals surface area (Å²) < 4.78 is 0. The van der Waals surface area contributed by atoms with Gasteiger partial charge in [-0.1, -0.05) is 0 Å². The first-order valence-electron chi connectivity index (χ1n) is 4.00. The number of carbonyl (C=O) groups is 1. The predicted octanol–water partition coefficient (Wildman–Crippen LogP) is 1.87. The summed E-state index contributed by atoms with van der Waals surface area (Å²) in [6.45, 7) is 0.